The minimum atomic E-state index is -2.50. The summed E-state index contributed by atoms with van der Waals surface area (Å²) in [6.07, 6.45) is 3.52. The van der Waals surface area contributed by atoms with E-state index in [0.29, 0.717) is 50.4 Å². The fourth-order valence-electron chi connectivity index (χ4n) is 3.25. The molecule has 1 atom stereocenters. The van der Waals surface area contributed by atoms with Crippen molar-refractivity contribution in [2.24, 2.45) is 5.92 Å². The summed E-state index contributed by atoms with van der Waals surface area (Å²) in [6, 6.07) is 0. The number of aromatic nitrogens is 2. The highest BCUT2D eigenvalue weighted by atomic mass is 19.3. The molecule has 1 aromatic rings. The van der Waals surface area contributed by atoms with Crippen molar-refractivity contribution in [3.8, 4) is 0 Å². The Morgan fingerprint density at radius 2 is 2.00 bits per heavy atom. The number of hydrogen-bond donors (Lipinski definition) is 1. The van der Waals surface area contributed by atoms with Gasteiger partial charge in [-0.15, -0.1) is 0 Å². The second-order valence-electron chi connectivity index (χ2n) is 6.43. The standard InChI is InChI=1S/C15H21F2N3O2/c16-15(17)6-3-10(4-7-15)9-12-19-14(22-20-12)11-1-2-13(21)18-8-5-11/h10-11H,1-9H2,(H,18,21). The number of amides is 1. The van der Waals surface area contributed by atoms with Gasteiger partial charge in [-0.2, -0.15) is 4.98 Å². The van der Waals surface area contributed by atoms with Crippen molar-refractivity contribution in [1.82, 2.24) is 15.5 Å². The van der Waals surface area contributed by atoms with Gasteiger partial charge in [0, 0.05) is 38.1 Å². The van der Waals surface area contributed by atoms with Crippen LogP contribution < -0.4 is 5.32 Å². The molecule has 1 saturated carbocycles. The molecule has 7 heteroatoms. The van der Waals surface area contributed by atoms with E-state index in [2.05, 4.69) is 15.5 Å². The third-order valence-corrected chi connectivity index (χ3v) is 4.68. The number of halogens is 2. The van der Waals surface area contributed by atoms with Gasteiger partial charge in [0.15, 0.2) is 5.82 Å². The Labute approximate surface area is 127 Å². The van der Waals surface area contributed by atoms with Crippen molar-refractivity contribution in [3.63, 3.8) is 0 Å². The van der Waals surface area contributed by atoms with Gasteiger partial charge in [0.05, 0.1) is 0 Å². The third kappa shape index (κ3) is 3.81. The van der Waals surface area contributed by atoms with E-state index >= 15 is 0 Å². The van der Waals surface area contributed by atoms with E-state index in [1.165, 1.54) is 0 Å². The number of hydrogen-bond acceptors (Lipinski definition) is 4. The maximum absolute atomic E-state index is 13.2. The number of nitrogens with one attached hydrogen (secondary N) is 1. The summed E-state index contributed by atoms with van der Waals surface area (Å²) in [4.78, 5) is 15.8. The van der Waals surface area contributed by atoms with Gasteiger partial charge < -0.3 is 9.84 Å². The van der Waals surface area contributed by atoms with Crippen LogP contribution in [0, 0.1) is 5.92 Å². The van der Waals surface area contributed by atoms with Gasteiger partial charge in [-0.05, 0) is 31.6 Å². The van der Waals surface area contributed by atoms with Crippen LogP contribution in [0.5, 0.6) is 0 Å². The molecule has 0 aromatic carbocycles. The Bertz CT molecular complexity index is 523. The highest BCUT2D eigenvalue weighted by Crippen LogP contribution is 2.37. The molecule has 1 aliphatic carbocycles. The van der Waals surface area contributed by atoms with E-state index in [1.54, 1.807) is 0 Å². The van der Waals surface area contributed by atoms with Gasteiger partial charge in [0.25, 0.3) is 0 Å². The van der Waals surface area contributed by atoms with Crippen LogP contribution >= 0.6 is 0 Å². The fourth-order valence-corrected chi connectivity index (χ4v) is 3.25. The molecule has 0 spiro atoms. The second kappa shape index (κ2) is 6.30. The lowest BCUT2D eigenvalue weighted by Gasteiger charge is -2.27. The van der Waals surface area contributed by atoms with E-state index in [0.717, 1.165) is 6.42 Å². The molecule has 1 saturated heterocycles. The van der Waals surface area contributed by atoms with E-state index in [4.69, 9.17) is 4.52 Å². The van der Waals surface area contributed by atoms with Crippen LogP contribution in [0.2, 0.25) is 0 Å². The number of rotatable bonds is 3. The SMILES string of the molecule is O=C1CCC(c2nc(CC3CCC(F)(F)CC3)no2)CCN1. The molecule has 2 heterocycles. The zero-order valence-electron chi connectivity index (χ0n) is 12.5. The van der Waals surface area contributed by atoms with Crippen molar-refractivity contribution in [3.05, 3.63) is 11.7 Å². The summed E-state index contributed by atoms with van der Waals surface area (Å²) in [7, 11) is 0. The number of carbonyl (C=O) groups excluding carboxylic acids is 1. The average Bonchev–Trinajstić information content (AvgIpc) is 2.82. The normalized spacial score (nSPS) is 26.5. The van der Waals surface area contributed by atoms with E-state index in [1.807, 2.05) is 0 Å². The van der Waals surface area contributed by atoms with Crippen LogP contribution in [0.25, 0.3) is 0 Å². The van der Waals surface area contributed by atoms with Gasteiger partial charge in [-0.1, -0.05) is 5.16 Å². The Hall–Kier alpha value is -1.53. The fraction of sp³-hybridized carbons (Fsp3) is 0.800. The largest absolute Gasteiger partial charge is 0.356 e. The first-order valence-corrected chi connectivity index (χ1v) is 7.99. The molecule has 2 aliphatic rings. The van der Waals surface area contributed by atoms with Gasteiger partial charge in [-0.25, -0.2) is 8.78 Å². The van der Waals surface area contributed by atoms with Crippen LogP contribution in [0.3, 0.4) is 0 Å². The molecule has 22 heavy (non-hydrogen) atoms. The summed E-state index contributed by atoms with van der Waals surface area (Å²) >= 11 is 0. The van der Waals surface area contributed by atoms with Crippen LogP contribution in [-0.4, -0.2) is 28.5 Å². The van der Waals surface area contributed by atoms with Gasteiger partial charge in [0.2, 0.25) is 17.7 Å². The Balaban J connectivity index is 1.56. The zero-order chi connectivity index (χ0) is 15.6. The van der Waals surface area contributed by atoms with Crippen molar-refractivity contribution >= 4 is 5.91 Å². The lowest BCUT2D eigenvalue weighted by atomic mass is 9.84. The molecule has 2 fully saturated rings. The second-order valence-corrected chi connectivity index (χ2v) is 6.43. The predicted molar refractivity (Wildman–Crippen MR) is 74.5 cm³/mol. The Kier molecular flexibility index (Phi) is 4.40. The Morgan fingerprint density at radius 1 is 1.23 bits per heavy atom. The van der Waals surface area contributed by atoms with Crippen LogP contribution in [0.4, 0.5) is 8.78 Å². The number of carbonyl (C=O) groups is 1. The van der Waals surface area contributed by atoms with Crippen molar-refractivity contribution in [2.75, 3.05) is 6.54 Å². The third-order valence-electron chi connectivity index (χ3n) is 4.68. The Morgan fingerprint density at radius 3 is 2.77 bits per heavy atom. The smallest absolute Gasteiger partial charge is 0.248 e. The first-order chi connectivity index (χ1) is 10.5. The topological polar surface area (TPSA) is 68.0 Å². The lowest BCUT2D eigenvalue weighted by Crippen LogP contribution is -2.25. The minimum Gasteiger partial charge on any atom is -0.356 e. The molecular weight excluding hydrogens is 292 g/mol. The van der Waals surface area contributed by atoms with Crippen LogP contribution in [0.15, 0.2) is 4.52 Å². The molecule has 1 unspecified atom stereocenters. The molecule has 3 rings (SSSR count). The molecule has 5 nitrogen and oxygen atoms in total. The molecule has 0 bridgehead atoms. The van der Waals surface area contributed by atoms with Gasteiger partial charge in [0.1, 0.15) is 0 Å². The van der Waals surface area contributed by atoms with Crippen molar-refractivity contribution in [1.29, 1.82) is 0 Å². The maximum atomic E-state index is 13.2. The first kappa shape index (κ1) is 15.4. The minimum absolute atomic E-state index is 0.0429. The van der Waals surface area contributed by atoms with Crippen LogP contribution in [0.1, 0.15) is 62.6 Å². The average molecular weight is 313 g/mol. The van der Waals surface area contributed by atoms with Gasteiger partial charge >= 0.3 is 0 Å². The first-order valence-electron chi connectivity index (χ1n) is 7.99. The van der Waals surface area contributed by atoms with E-state index in [9.17, 15) is 13.6 Å². The summed E-state index contributed by atoms with van der Waals surface area (Å²) in [5.74, 6) is -0.941. The molecule has 1 N–H and O–H groups in total. The summed E-state index contributed by atoms with van der Waals surface area (Å²) < 4.78 is 31.6. The molecule has 0 radical (unpaired) electrons. The monoisotopic (exact) mass is 313 g/mol. The summed E-state index contributed by atoms with van der Waals surface area (Å²) in [5, 5.41) is 6.82. The zero-order valence-corrected chi connectivity index (χ0v) is 12.5. The highest BCUT2D eigenvalue weighted by Gasteiger charge is 2.35. The van der Waals surface area contributed by atoms with Crippen molar-refractivity contribution < 1.29 is 18.1 Å². The maximum Gasteiger partial charge on any atom is 0.248 e. The van der Waals surface area contributed by atoms with Crippen molar-refractivity contribution in [2.45, 2.75) is 63.2 Å². The highest BCUT2D eigenvalue weighted by molar-refractivity contribution is 5.76. The summed E-state index contributed by atoms with van der Waals surface area (Å²) in [6.45, 7) is 0.624. The lowest BCUT2D eigenvalue weighted by molar-refractivity contribution is -0.120. The quantitative estimate of drug-likeness (QED) is 0.931. The molecular formula is C15H21F2N3O2. The molecule has 122 valence electrons. The molecule has 1 aliphatic heterocycles. The number of nitrogens with zero attached hydrogens (tertiary/aromatic N) is 2. The van der Waals surface area contributed by atoms with E-state index < -0.39 is 5.92 Å². The van der Waals surface area contributed by atoms with E-state index in [-0.39, 0.29) is 30.6 Å². The van der Waals surface area contributed by atoms with Gasteiger partial charge in [-0.3, -0.25) is 4.79 Å². The predicted octanol–water partition coefficient (Wildman–Crippen LogP) is 2.82. The molecule has 1 aromatic heterocycles. The summed E-state index contributed by atoms with van der Waals surface area (Å²) in [5.41, 5.74) is 0. The van der Waals surface area contributed by atoms with Crippen LogP contribution in [-0.2, 0) is 11.2 Å². The molecule has 1 amide bonds. The number of alkyl halides is 2.